The molecule has 2 bridgehead atoms. The Morgan fingerprint density at radius 2 is 1.72 bits per heavy atom. The number of piperazine rings is 1. The number of methoxy groups -OCH3 is 1. The number of carbonyl (C=O) groups excluding carboxylic acids is 2. The molecule has 4 aromatic rings. The number of sulfonamides is 1. The Morgan fingerprint density at radius 1 is 0.944 bits per heavy atom. The van der Waals surface area contributed by atoms with Gasteiger partial charge < -0.3 is 14.2 Å². The second kappa shape index (κ2) is 13.7. The van der Waals surface area contributed by atoms with Gasteiger partial charge in [0, 0.05) is 54.3 Å². The first-order chi connectivity index (χ1) is 26.1. The van der Waals surface area contributed by atoms with E-state index in [-0.39, 0.29) is 11.9 Å². The van der Waals surface area contributed by atoms with Crippen molar-refractivity contribution in [2.75, 3.05) is 26.7 Å². The van der Waals surface area contributed by atoms with Gasteiger partial charge in [-0.3, -0.25) is 19.2 Å². The number of likely N-dealkylation sites (N-methyl/N-ethyl adjacent to an activating group) is 1. The lowest BCUT2D eigenvalue weighted by atomic mass is 9.81. The Balaban J connectivity index is 1.19. The van der Waals surface area contributed by atoms with Gasteiger partial charge in [0.25, 0.3) is 11.8 Å². The topological polar surface area (TPSA) is 119 Å². The zero-order valence-corrected chi connectivity index (χ0v) is 32.3. The zero-order chi connectivity index (χ0) is 37.3. The number of nitrogens with zero attached hydrogens (tertiary/aromatic N) is 5. The average molecular weight is 751 g/mol. The number of fused-ring (bicyclic) bond motifs is 7. The molecule has 0 radical (unpaired) electrons. The number of likely N-dealkylation sites (tertiary alicyclic amines) is 2. The van der Waals surface area contributed by atoms with Crippen LogP contribution in [0, 0.1) is 0 Å². The predicted octanol–water partition coefficient (Wildman–Crippen LogP) is 6.57. The lowest BCUT2D eigenvalue weighted by Gasteiger charge is -2.33. The fraction of sp³-hybridized carbons (Fsp3) is 0.500. The third kappa shape index (κ3) is 5.87. The van der Waals surface area contributed by atoms with Gasteiger partial charge in [-0.25, -0.2) is 13.1 Å². The highest BCUT2D eigenvalue weighted by atomic mass is 32.2. The fourth-order valence-corrected chi connectivity index (χ4v) is 11.8. The summed E-state index contributed by atoms with van der Waals surface area (Å²) in [6, 6.07) is 12.5. The molecule has 9 rings (SSSR count). The number of aromatic nitrogens is 3. The second-order valence-corrected chi connectivity index (χ2v) is 18.0. The molecule has 2 saturated carbocycles. The number of nitrogens with one attached hydrogen (secondary N) is 1. The van der Waals surface area contributed by atoms with Crippen molar-refractivity contribution in [2.45, 2.75) is 101 Å². The summed E-state index contributed by atoms with van der Waals surface area (Å²) in [5.41, 5.74) is 7.89. The van der Waals surface area contributed by atoms with E-state index in [9.17, 15) is 18.0 Å². The van der Waals surface area contributed by atoms with Gasteiger partial charge in [-0.1, -0.05) is 45.1 Å². The summed E-state index contributed by atoms with van der Waals surface area (Å²) in [7, 11) is -0.217. The van der Waals surface area contributed by atoms with Crippen LogP contribution >= 0.6 is 0 Å². The van der Waals surface area contributed by atoms with Crippen LogP contribution < -0.4 is 9.46 Å². The van der Waals surface area contributed by atoms with Gasteiger partial charge in [-0.05, 0) is 97.7 Å². The normalized spacial score (nSPS) is 22.0. The molecule has 2 aromatic carbocycles. The molecule has 3 aliphatic heterocycles. The molecule has 5 aliphatic rings. The minimum Gasteiger partial charge on any atom is -0.497 e. The maximum absolute atomic E-state index is 14.4. The molecule has 2 amide bonds. The zero-order valence-electron chi connectivity index (χ0n) is 31.5. The number of benzene rings is 2. The maximum atomic E-state index is 14.4. The number of aryl methyl sites for hydroxylation is 1. The first-order valence-electron chi connectivity index (χ1n) is 19.8. The van der Waals surface area contributed by atoms with Crippen molar-refractivity contribution in [2.24, 2.45) is 7.05 Å². The molecule has 2 aliphatic carbocycles. The van der Waals surface area contributed by atoms with Crippen LogP contribution in [0.2, 0.25) is 0 Å². The van der Waals surface area contributed by atoms with Crippen LogP contribution in [-0.2, 0) is 23.6 Å². The molecular formula is C42H50N6O5S. The molecule has 0 spiro atoms. The average Bonchev–Trinajstić information content (AvgIpc) is 4.03. The third-order valence-corrected chi connectivity index (χ3v) is 14.8. The predicted molar refractivity (Wildman–Crippen MR) is 210 cm³/mol. The number of hydrogen-bond acceptors (Lipinski definition) is 7. The summed E-state index contributed by atoms with van der Waals surface area (Å²) in [5, 5.41) is 5.21. The fourth-order valence-electron chi connectivity index (χ4n) is 10.3. The standard InChI is InChI=1S/C42H50N6O5S/c1-4-46-24-31-21-30(46)25-47(31)42(50)36-22-43-45(2)39(36)29-18-28-19-32(53-3)15-17-34(28)40-38(26-10-6-5-7-11-26)35-16-14-27(20-37(35)48(40)23-29)41(49)44-54(51,52)33-12-8-9-13-33/h14-20,22,26,30-31,33H,4-13,21,23-25H2,1-3H3,(H,44,49)/t30?,31-/m0/s1. The van der Waals surface area contributed by atoms with Crippen molar-refractivity contribution in [3.05, 3.63) is 70.5 Å². The number of ether oxygens (including phenoxy) is 1. The molecule has 1 unspecified atom stereocenters. The molecule has 284 valence electrons. The monoisotopic (exact) mass is 750 g/mol. The van der Waals surface area contributed by atoms with E-state index in [4.69, 9.17) is 4.74 Å². The Kier molecular flexibility index (Phi) is 8.96. The number of hydrogen-bond donors (Lipinski definition) is 1. The molecule has 54 heavy (non-hydrogen) atoms. The largest absolute Gasteiger partial charge is 0.497 e. The molecule has 2 aromatic heterocycles. The van der Waals surface area contributed by atoms with E-state index < -0.39 is 21.2 Å². The summed E-state index contributed by atoms with van der Waals surface area (Å²) >= 11 is 0. The number of amides is 2. The quantitative estimate of drug-likeness (QED) is 0.216. The lowest BCUT2D eigenvalue weighted by molar-refractivity contribution is 0.0630. The van der Waals surface area contributed by atoms with Crippen LogP contribution in [0.4, 0.5) is 0 Å². The molecule has 12 heteroatoms. The van der Waals surface area contributed by atoms with E-state index in [1.165, 1.54) is 12.0 Å². The Labute approximate surface area is 317 Å². The first-order valence-corrected chi connectivity index (χ1v) is 21.4. The highest BCUT2D eigenvalue weighted by Gasteiger charge is 2.45. The van der Waals surface area contributed by atoms with Gasteiger partial charge in [0.05, 0.1) is 42.1 Å². The Morgan fingerprint density at radius 3 is 2.44 bits per heavy atom. The van der Waals surface area contributed by atoms with E-state index in [1.807, 2.05) is 34.8 Å². The summed E-state index contributed by atoms with van der Waals surface area (Å²) in [6.07, 6.45) is 13.4. The Hall–Kier alpha value is -4.42. The van der Waals surface area contributed by atoms with Crippen LogP contribution in [0.15, 0.2) is 42.6 Å². The smallest absolute Gasteiger partial charge is 0.264 e. The van der Waals surface area contributed by atoms with Crippen LogP contribution in [0.5, 0.6) is 5.75 Å². The van der Waals surface area contributed by atoms with Crippen LogP contribution in [0.25, 0.3) is 33.8 Å². The third-order valence-electron chi connectivity index (χ3n) is 13.0. The van der Waals surface area contributed by atoms with E-state index in [0.717, 1.165) is 109 Å². The van der Waals surface area contributed by atoms with Gasteiger partial charge in [0.2, 0.25) is 10.0 Å². The second-order valence-electron chi connectivity index (χ2n) is 16.0. The number of allylic oxidation sites excluding steroid dienone is 1. The van der Waals surface area contributed by atoms with Crippen molar-refractivity contribution in [1.82, 2.24) is 28.9 Å². The van der Waals surface area contributed by atoms with E-state index in [0.29, 0.717) is 42.5 Å². The van der Waals surface area contributed by atoms with Gasteiger partial charge in [0.15, 0.2) is 0 Å². The van der Waals surface area contributed by atoms with Crippen LogP contribution in [0.1, 0.15) is 115 Å². The van der Waals surface area contributed by atoms with Crippen molar-refractivity contribution in [1.29, 1.82) is 0 Å². The number of rotatable bonds is 8. The summed E-state index contributed by atoms with van der Waals surface area (Å²) < 4.78 is 38.7. The van der Waals surface area contributed by atoms with Crippen LogP contribution in [-0.4, -0.2) is 88.5 Å². The van der Waals surface area contributed by atoms with Gasteiger partial charge in [0.1, 0.15) is 5.75 Å². The first kappa shape index (κ1) is 35.3. The molecule has 2 atom stereocenters. The van der Waals surface area contributed by atoms with Crippen molar-refractivity contribution >= 4 is 44.4 Å². The minimum absolute atomic E-state index is 0.0141. The van der Waals surface area contributed by atoms with Crippen LogP contribution in [0.3, 0.4) is 0 Å². The molecule has 5 heterocycles. The molecule has 1 N–H and O–H groups in total. The van der Waals surface area contributed by atoms with Crippen molar-refractivity contribution < 1.29 is 22.7 Å². The SMILES string of the molecule is CCN1C[C@@H]2CC1CN2C(=O)c1cnn(C)c1C1=Cc2cc(OC)ccc2-c2c(C3CCCCC3)c3ccc(C(=O)NS(=O)(=O)C4CCCC4)cc3n2C1. The van der Waals surface area contributed by atoms with Crippen molar-refractivity contribution in [3.63, 3.8) is 0 Å². The highest BCUT2D eigenvalue weighted by Crippen LogP contribution is 2.48. The molecule has 4 fully saturated rings. The summed E-state index contributed by atoms with van der Waals surface area (Å²) in [4.78, 5) is 32.7. The van der Waals surface area contributed by atoms with Gasteiger partial charge >= 0.3 is 0 Å². The highest BCUT2D eigenvalue weighted by molar-refractivity contribution is 7.90. The lowest BCUT2D eigenvalue weighted by Crippen LogP contribution is -2.48. The Bertz CT molecular complexity index is 2290. The van der Waals surface area contributed by atoms with E-state index in [2.05, 4.69) is 44.4 Å². The van der Waals surface area contributed by atoms with E-state index in [1.54, 1.807) is 19.4 Å². The summed E-state index contributed by atoms with van der Waals surface area (Å²) in [6.45, 7) is 5.23. The van der Waals surface area contributed by atoms with Gasteiger partial charge in [-0.15, -0.1) is 0 Å². The summed E-state index contributed by atoms with van der Waals surface area (Å²) in [5.74, 6) is 0.485. The maximum Gasteiger partial charge on any atom is 0.264 e. The van der Waals surface area contributed by atoms with E-state index >= 15 is 0 Å². The molecule has 2 saturated heterocycles. The molecule has 11 nitrogen and oxygen atoms in total. The number of carbonyl (C=O) groups is 2. The minimum atomic E-state index is -3.79. The van der Waals surface area contributed by atoms with Crippen molar-refractivity contribution in [3.8, 4) is 17.0 Å². The van der Waals surface area contributed by atoms with Gasteiger partial charge in [-0.2, -0.15) is 5.10 Å². The molecular weight excluding hydrogens is 701 g/mol.